The normalized spacial score (nSPS) is 19.2. The van der Waals surface area contributed by atoms with Crippen molar-refractivity contribution in [1.82, 2.24) is 5.32 Å². The molecule has 0 aliphatic carbocycles. The van der Waals surface area contributed by atoms with Crippen LogP contribution in [0.4, 0.5) is 0 Å². The van der Waals surface area contributed by atoms with E-state index in [4.69, 9.17) is 4.74 Å². The van der Waals surface area contributed by atoms with Crippen LogP contribution < -0.4 is 5.32 Å². The average molecular weight is 510 g/mol. The van der Waals surface area contributed by atoms with E-state index in [1.165, 1.54) is 30.3 Å². The predicted molar refractivity (Wildman–Crippen MR) is 131 cm³/mol. The first-order valence-corrected chi connectivity index (χ1v) is 14.1. The molecule has 1 heterocycles. The number of hydrogen-bond donors (Lipinski definition) is 3. The molecule has 34 heavy (non-hydrogen) atoms. The third kappa shape index (κ3) is 5.30. The number of nitrogens with one attached hydrogen (secondary N) is 1. The molecular formula is C24H31NO7S2. The zero-order chi connectivity index (χ0) is 25.5. The Hall–Kier alpha value is -2.40. The molecule has 1 aliphatic rings. The van der Waals surface area contributed by atoms with Crippen LogP contribution in [0, 0.1) is 5.92 Å². The van der Waals surface area contributed by atoms with Gasteiger partial charge in [0, 0.05) is 11.1 Å². The summed E-state index contributed by atoms with van der Waals surface area (Å²) in [7, 11) is -7.47. The van der Waals surface area contributed by atoms with Crippen LogP contribution in [0.3, 0.4) is 0 Å². The second-order valence-electron chi connectivity index (χ2n) is 9.63. The summed E-state index contributed by atoms with van der Waals surface area (Å²) in [6.45, 7) is 8.67. The Bertz CT molecular complexity index is 1190. The van der Waals surface area contributed by atoms with Crippen LogP contribution in [0.1, 0.15) is 55.8 Å². The number of ether oxygens (including phenoxy) is 1. The van der Waals surface area contributed by atoms with Gasteiger partial charge < -0.3 is 10.1 Å². The first kappa shape index (κ1) is 26.2. The molecule has 0 saturated carbocycles. The van der Waals surface area contributed by atoms with Crippen LogP contribution in [-0.2, 0) is 19.4 Å². The van der Waals surface area contributed by atoms with Gasteiger partial charge in [-0.25, -0.2) is 13.2 Å². The highest BCUT2D eigenvalue weighted by Gasteiger charge is 2.45. The SMILES string of the molecule is CC(C)C(NC(=O)c1cccc2c1C(S(=O)(=O)c1ccccc1)CS2(O)O)C(=O)OC(C)(C)C. The lowest BCUT2D eigenvalue weighted by atomic mass is 10.0. The number of hydrogen-bond acceptors (Lipinski definition) is 7. The van der Waals surface area contributed by atoms with Crippen LogP contribution in [-0.4, -0.2) is 46.8 Å². The van der Waals surface area contributed by atoms with Crippen LogP contribution in [0.2, 0.25) is 0 Å². The molecule has 2 atom stereocenters. The number of fused-ring (bicyclic) bond motifs is 1. The molecule has 3 rings (SSSR count). The van der Waals surface area contributed by atoms with Crippen molar-refractivity contribution < 1.29 is 31.8 Å². The minimum atomic E-state index is -4.04. The van der Waals surface area contributed by atoms with E-state index in [1.54, 1.807) is 52.8 Å². The predicted octanol–water partition coefficient (Wildman–Crippen LogP) is 4.42. The maximum absolute atomic E-state index is 13.4. The Morgan fingerprint density at radius 3 is 2.24 bits per heavy atom. The standard InChI is InChI=1S/C24H31NO7S2/c1-15(2)21(23(27)32-24(3,4)5)25-22(26)17-12-9-13-18-20(17)19(14-33(18,28)29)34(30,31)16-10-7-6-8-11-16/h6-13,15,19,21,28-29H,14H2,1-5H3,(H,25,26). The smallest absolute Gasteiger partial charge is 0.329 e. The Morgan fingerprint density at radius 1 is 1.06 bits per heavy atom. The fraction of sp³-hybridized carbons (Fsp3) is 0.417. The fourth-order valence-electron chi connectivity index (χ4n) is 3.84. The van der Waals surface area contributed by atoms with Gasteiger partial charge in [0.15, 0.2) is 9.84 Å². The molecule has 186 valence electrons. The first-order chi connectivity index (χ1) is 15.6. The van der Waals surface area contributed by atoms with E-state index in [0.717, 1.165) is 0 Å². The number of carbonyl (C=O) groups is 2. The number of sulfone groups is 1. The number of rotatable bonds is 6. The Morgan fingerprint density at radius 2 is 1.68 bits per heavy atom. The Labute approximate surface area is 202 Å². The molecule has 2 unspecified atom stereocenters. The largest absolute Gasteiger partial charge is 0.458 e. The molecule has 3 N–H and O–H groups in total. The molecule has 0 bridgehead atoms. The molecule has 10 heteroatoms. The molecule has 8 nitrogen and oxygen atoms in total. The van der Waals surface area contributed by atoms with Gasteiger partial charge in [0.05, 0.1) is 15.5 Å². The lowest BCUT2D eigenvalue weighted by molar-refractivity contribution is -0.158. The zero-order valence-electron chi connectivity index (χ0n) is 19.8. The lowest BCUT2D eigenvalue weighted by Gasteiger charge is -2.28. The van der Waals surface area contributed by atoms with Crippen molar-refractivity contribution in [2.24, 2.45) is 5.92 Å². The van der Waals surface area contributed by atoms with Gasteiger partial charge in [-0.05, 0) is 51.0 Å². The first-order valence-electron chi connectivity index (χ1n) is 10.9. The highest BCUT2D eigenvalue weighted by molar-refractivity contribution is 8.25. The molecule has 1 amide bonds. The van der Waals surface area contributed by atoms with Gasteiger partial charge in [0.25, 0.3) is 5.91 Å². The summed E-state index contributed by atoms with van der Waals surface area (Å²) in [5, 5.41) is 1.34. The summed E-state index contributed by atoms with van der Waals surface area (Å²) >= 11 is 0. The molecule has 0 radical (unpaired) electrons. The summed E-state index contributed by atoms with van der Waals surface area (Å²) in [5.41, 5.74) is -0.724. The minimum Gasteiger partial charge on any atom is -0.458 e. The summed E-state index contributed by atoms with van der Waals surface area (Å²) < 4.78 is 53.7. The highest BCUT2D eigenvalue weighted by atomic mass is 32.3. The van der Waals surface area contributed by atoms with Gasteiger partial charge in [-0.3, -0.25) is 13.9 Å². The van der Waals surface area contributed by atoms with E-state index in [1.807, 2.05) is 0 Å². The van der Waals surface area contributed by atoms with Crippen molar-refractivity contribution in [3.05, 3.63) is 59.7 Å². The van der Waals surface area contributed by atoms with Crippen LogP contribution in [0.15, 0.2) is 58.3 Å². The number of amides is 1. The second kappa shape index (κ2) is 9.33. The summed E-state index contributed by atoms with van der Waals surface area (Å²) in [6.07, 6.45) is 0. The minimum absolute atomic E-state index is 0.0197. The third-order valence-electron chi connectivity index (χ3n) is 5.43. The van der Waals surface area contributed by atoms with Gasteiger partial charge >= 0.3 is 5.97 Å². The highest BCUT2D eigenvalue weighted by Crippen LogP contribution is 2.62. The molecular weight excluding hydrogens is 478 g/mol. The summed E-state index contributed by atoms with van der Waals surface area (Å²) in [4.78, 5) is 26.1. The van der Waals surface area contributed by atoms with Crippen molar-refractivity contribution in [2.45, 2.75) is 61.3 Å². The van der Waals surface area contributed by atoms with Crippen LogP contribution in [0.25, 0.3) is 0 Å². The molecule has 0 fully saturated rings. The maximum Gasteiger partial charge on any atom is 0.329 e. The number of benzene rings is 2. The molecule has 2 aromatic rings. The van der Waals surface area contributed by atoms with Crippen molar-refractivity contribution in [1.29, 1.82) is 0 Å². The van der Waals surface area contributed by atoms with Gasteiger partial charge in [-0.15, -0.1) is 0 Å². The molecule has 0 aromatic heterocycles. The topological polar surface area (TPSA) is 130 Å². The maximum atomic E-state index is 13.4. The Kier molecular flexibility index (Phi) is 7.19. The van der Waals surface area contributed by atoms with Crippen LogP contribution in [0.5, 0.6) is 0 Å². The van der Waals surface area contributed by atoms with Crippen LogP contribution >= 0.6 is 10.6 Å². The van der Waals surface area contributed by atoms with E-state index in [2.05, 4.69) is 5.32 Å². The average Bonchev–Trinajstić information content (AvgIpc) is 3.02. The van der Waals surface area contributed by atoms with E-state index in [-0.39, 0.29) is 26.8 Å². The quantitative estimate of drug-likeness (QED) is 0.491. The number of carbonyl (C=O) groups excluding carboxylic acids is 2. The summed E-state index contributed by atoms with van der Waals surface area (Å²) in [6, 6.07) is 11.0. The molecule has 0 saturated heterocycles. The van der Waals surface area contributed by atoms with Gasteiger partial charge in [-0.2, -0.15) is 10.6 Å². The monoisotopic (exact) mass is 509 g/mol. The van der Waals surface area contributed by atoms with Gasteiger partial charge in [-0.1, -0.05) is 38.1 Å². The summed E-state index contributed by atoms with van der Waals surface area (Å²) in [5.74, 6) is -2.04. The second-order valence-corrected chi connectivity index (χ2v) is 13.9. The zero-order valence-corrected chi connectivity index (χ0v) is 21.4. The molecule has 0 spiro atoms. The van der Waals surface area contributed by atoms with Gasteiger partial charge in [0.2, 0.25) is 0 Å². The van der Waals surface area contributed by atoms with E-state index in [9.17, 15) is 27.1 Å². The van der Waals surface area contributed by atoms with Gasteiger partial charge in [0.1, 0.15) is 16.9 Å². The molecule has 1 aliphatic heterocycles. The lowest BCUT2D eigenvalue weighted by Crippen LogP contribution is -2.47. The van der Waals surface area contributed by atoms with E-state index in [0.29, 0.717) is 0 Å². The fourth-order valence-corrected chi connectivity index (χ4v) is 8.30. The molecule has 2 aromatic carbocycles. The van der Waals surface area contributed by atoms with Crippen molar-refractivity contribution in [3.63, 3.8) is 0 Å². The van der Waals surface area contributed by atoms with Crippen molar-refractivity contribution in [3.8, 4) is 0 Å². The third-order valence-corrected chi connectivity index (χ3v) is 9.58. The van der Waals surface area contributed by atoms with Crippen molar-refractivity contribution >= 4 is 32.3 Å². The van der Waals surface area contributed by atoms with E-state index >= 15 is 0 Å². The number of esters is 1. The van der Waals surface area contributed by atoms with Crippen molar-refractivity contribution in [2.75, 3.05) is 5.75 Å². The van der Waals surface area contributed by atoms with E-state index < -0.39 is 54.9 Å². The Balaban J connectivity index is 2.04.